The Balaban J connectivity index is 1.50. The van der Waals surface area contributed by atoms with Crippen LogP contribution < -0.4 is 15.8 Å². The van der Waals surface area contributed by atoms with Crippen LogP contribution in [0.5, 0.6) is 0 Å². The van der Waals surface area contributed by atoms with E-state index >= 15 is 0 Å². The second-order valence-corrected chi connectivity index (χ2v) is 10.8. The average molecular weight is 488 g/mol. The number of hydrogen-bond acceptors (Lipinski definition) is 5. The number of thiophene rings is 1. The van der Waals surface area contributed by atoms with Crippen molar-refractivity contribution in [2.75, 3.05) is 10.0 Å². The fraction of sp³-hybridized carbons (Fsp3) is 0.217. The minimum Gasteiger partial charge on any atom is -0.365 e. The summed E-state index contributed by atoms with van der Waals surface area (Å²) in [5.41, 5.74) is 7.43. The van der Waals surface area contributed by atoms with Gasteiger partial charge in [0.2, 0.25) is 0 Å². The molecule has 1 atom stereocenters. The van der Waals surface area contributed by atoms with E-state index in [-0.39, 0.29) is 16.1 Å². The molecule has 1 heterocycles. The Hall–Kier alpha value is -3.24. The van der Waals surface area contributed by atoms with Crippen molar-refractivity contribution in [2.45, 2.75) is 31.1 Å². The van der Waals surface area contributed by atoms with Crippen LogP contribution in [-0.4, -0.2) is 20.2 Å². The maximum Gasteiger partial charge on any atom is 0.261 e. The molecule has 4 N–H and O–H groups in total. The molecular weight excluding hydrogens is 465 g/mol. The third-order valence-corrected chi connectivity index (χ3v) is 8.08. The summed E-state index contributed by atoms with van der Waals surface area (Å²) < 4.78 is 40.3. The molecule has 2 amide bonds. The minimum atomic E-state index is -3.90. The zero-order valence-electron chi connectivity index (χ0n) is 17.7. The summed E-state index contributed by atoms with van der Waals surface area (Å²) in [6, 6.07) is 10.3. The topological polar surface area (TPSA) is 118 Å². The van der Waals surface area contributed by atoms with E-state index in [1.165, 1.54) is 35.6 Å². The molecule has 0 aliphatic heterocycles. The Morgan fingerprint density at radius 3 is 2.39 bits per heavy atom. The number of hydrogen-bond donors (Lipinski definition) is 3. The van der Waals surface area contributed by atoms with Crippen LogP contribution in [0.15, 0.2) is 53.4 Å². The van der Waals surface area contributed by atoms with E-state index in [0.717, 1.165) is 54.0 Å². The molecule has 4 rings (SSSR count). The van der Waals surface area contributed by atoms with Crippen molar-refractivity contribution in [2.24, 2.45) is 11.7 Å². The molecule has 0 bridgehead atoms. The van der Waals surface area contributed by atoms with Crippen molar-refractivity contribution in [3.63, 3.8) is 0 Å². The van der Waals surface area contributed by atoms with Crippen LogP contribution in [0.25, 0.3) is 0 Å². The molecule has 7 nitrogen and oxygen atoms in total. The maximum absolute atomic E-state index is 13.1. The quantitative estimate of drug-likeness (QED) is 0.484. The van der Waals surface area contributed by atoms with Gasteiger partial charge in [0.25, 0.3) is 21.8 Å². The number of nitrogens with two attached hydrogens (primary N) is 1. The standard InChI is InChI=1S/C23H22FN3O4S2/c1-13-2-11-18-19(12-13)32-23(20(18)21(25)28)26-22(29)14-3-7-16(8-4-14)27-33(30,31)17-9-5-15(24)6-10-17/h3-10,13,27H,2,11-12H2,1H3,(H2,25,28)(H,26,29)/t13-/m0/s1. The summed E-state index contributed by atoms with van der Waals surface area (Å²) >= 11 is 1.38. The Morgan fingerprint density at radius 1 is 1.09 bits per heavy atom. The van der Waals surface area contributed by atoms with Gasteiger partial charge in [-0.1, -0.05) is 6.92 Å². The molecule has 33 heavy (non-hydrogen) atoms. The van der Waals surface area contributed by atoms with Crippen molar-refractivity contribution in [1.82, 2.24) is 0 Å². The van der Waals surface area contributed by atoms with Crippen LogP contribution in [0, 0.1) is 11.7 Å². The number of anilines is 2. The zero-order chi connectivity index (χ0) is 23.8. The SMILES string of the molecule is C[C@H]1CCc2c(sc(NC(=O)c3ccc(NS(=O)(=O)c4ccc(F)cc4)cc3)c2C(N)=O)C1. The third kappa shape index (κ3) is 4.91. The highest BCUT2D eigenvalue weighted by molar-refractivity contribution is 7.92. The molecule has 0 spiro atoms. The van der Waals surface area contributed by atoms with E-state index in [2.05, 4.69) is 17.0 Å². The largest absolute Gasteiger partial charge is 0.365 e. The molecule has 1 aliphatic carbocycles. The van der Waals surface area contributed by atoms with Gasteiger partial charge in [0.1, 0.15) is 10.8 Å². The molecular formula is C23H22FN3O4S2. The van der Waals surface area contributed by atoms with Crippen molar-refractivity contribution in [3.05, 3.63) is 75.9 Å². The number of benzene rings is 2. The van der Waals surface area contributed by atoms with E-state index in [1.54, 1.807) is 0 Å². The lowest BCUT2D eigenvalue weighted by atomic mass is 9.88. The fourth-order valence-electron chi connectivity index (χ4n) is 3.79. The summed E-state index contributed by atoms with van der Waals surface area (Å²) in [4.78, 5) is 25.8. The molecule has 0 fully saturated rings. The monoisotopic (exact) mass is 487 g/mol. The molecule has 1 aromatic heterocycles. The first-order chi connectivity index (χ1) is 15.6. The van der Waals surface area contributed by atoms with Gasteiger partial charge in [0.15, 0.2) is 0 Å². The first kappa shape index (κ1) is 22.9. The summed E-state index contributed by atoms with van der Waals surface area (Å²) in [7, 11) is -3.90. The Bertz CT molecular complexity index is 1320. The van der Waals surface area contributed by atoms with Gasteiger partial charge >= 0.3 is 0 Å². The lowest BCUT2D eigenvalue weighted by Gasteiger charge is -2.18. The van der Waals surface area contributed by atoms with Crippen molar-refractivity contribution < 1.29 is 22.4 Å². The number of fused-ring (bicyclic) bond motifs is 1. The maximum atomic E-state index is 13.1. The van der Waals surface area contributed by atoms with Crippen molar-refractivity contribution in [1.29, 1.82) is 0 Å². The molecule has 0 radical (unpaired) electrons. The minimum absolute atomic E-state index is 0.0827. The van der Waals surface area contributed by atoms with Crippen molar-refractivity contribution in [3.8, 4) is 0 Å². The van der Waals surface area contributed by atoms with Gasteiger partial charge in [-0.25, -0.2) is 12.8 Å². The third-order valence-electron chi connectivity index (χ3n) is 5.51. The van der Waals surface area contributed by atoms with E-state index in [4.69, 9.17) is 5.73 Å². The molecule has 0 saturated heterocycles. The number of nitrogens with one attached hydrogen (secondary N) is 2. The van der Waals surface area contributed by atoms with Crippen LogP contribution in [0.1, 0.15) is 44.5 Å². The van der Waals surface area contributed by atoms with Crippen LogP contribution in [-0.2, 0) is 22.9 Å². The van der Waals surface area contributed by atoms with Gasteiger partial charge in [0.05, 0.1) is 10.5 Å². The van der Waals surface area contributed by atoms with Crippen LogP contribution in [0.3, 0.4) is 0 Å². The molecule has 1 aliphatic rings. The van der Waals surface area contributed by atoms with Gasteiger partial charge in [-0.2, -0.15) is 0 Å². The number of primary amides is 1. The lowest BCUT2D eigenvalue weighted by Crippen LogP contribution is -2.19. The highest BCUT2D eigenvalue weighted by atomic mass is 32.2. The van der Waals surface area contributed by atoms with Crippen molar-refractivity contribution >= 4 is 43.9 Å². The second-order valence-electron chi connectivity index (χ2n) is 8.01. The number of carbonyl (C=O) groups is 2. The Kier molecular flexibility index (Phi) is 6.22. The highest BCUT2D eigenvalue weighted by Crippen LogP contribution is 2.39. The smallest absolute Gasteiger partial charge is 0.261 e. The Labute approximate surface area is 194 Å². The molecule has 10 heteroatoms. The Morgan fingerprint density at radius 2 is 1.76 bits per heavy atom. The fourth-order valence-corrected chi connectivity index (χ4v) is 6.26. The van der Waals surface area contributed by atoms with Crippen LogP contribution in [0.4, 0.5) is 15.1 Å². The predicted octanol–water partition coefficient (Wildman–Crippen LogP) is 4.16. The predicted molar refractivity (Wildman–Crippen MR) is 126 cm³/mol. The van der Waals surface area contributed by atoms with Gasteiger partial charge in [0, 0.05) is 16.1 Å². The summed E-state index contributed by atoms with van der Waals surface area (Å²) in [5, 5.41) is 3.22. The second kappa shape index (κ2) is 8.95. The molecule has 0 unspecified atom stereocenters. The van der Waals surface area contributed by atoms with E-state index in [9.17, 15) is 22.4 Å². The van der Waals surface area contributed by atoms with Gasteiger partial charge in [-0.15, -0.1) is 11.3 Å². The normalized spacial score (nSPS) is 15.5. The highest BCUT2D eigenvalue weighted by Gasteiger charge is 2.27. The summed E-state index contributed by atoms with van der Waals surface area (Å²) in [6.07, 6.45) is 2.57. The van der Waals surface area contributed by atoms with E-state index in [0.29, 0.717) is 16.5 Å². The average Bonchev–Trinajstić information content (AvgIpc) is 3.11. The summed E-state index contributed by atoms with van der Waals surface area (Å²) in [5.74, 6) is -1.03. The van der Waals surface area contributed by atoms with E-state index in [1.807, 2.05) is 0 Å². The number of carbonyl (C=O) groups excluding carboxylic acids is 2. The lowest BCUT2D eigenvalue weighted by molar-refractivity contribution is 0.1000. The number of halogens is 1. The zero-order valence-corrected chi connectivity index (χ0v) is 19.4. The first-order valence-corrected chi connectivity index (χ1v) is 12.6. The molecule has 172 valence electrons. The summed E-state index contributed by atoms with van der Waals surface area (Å²) in [6.45, 7) is 2.15. The number of sulfonamides is 1. The molecule has 0 saturated carbocycles. The van der Waals surface area contributed by atoms with Gasteiger partial charge < -0.3 is 11.1 Å². The number of rotatable bonds is 6. The van der Waals surface area contributed by atoms with E-state index < -0.39 is 27.7 Å². The van der Waals surface area contributed by atoms with Gasteiger partial charge in [-0.05, 0) is 79.3 Å². The van der Waals surface area contributed by atoms with Crippen LogP contribution in [0.2, 0.25) is 0 Å². The van der Waals surface area contributed by atoms with Crippen LogP contribution >= 0.6 is 11.3 Å². The molecule has 2 aromatic carbocycles. The first-order valence-electron chi connectivity index (χ1n) is 10.3. The van der Waals surface area contributed by atoms with Gasteiger partial charge in [-0.3, -0.25) is 14.3 Å². The molecule has 3 aromatic rings. The number of amides is 2.